The van der Waals surface area contributed by atoms with Crippen molar-refractivity contribution in [1.82, 2.24) is 0 Å². The van der Waals surface area contributed by atoms with E-state index in [1.165, 1.54) is 0 Å². The van der Waals surface area contributed by atoms with Gasteiger partial charge in [0.1, 0.15) is 11.6 Å². The van der Waals surface area contributed by atoms with Gasteiger partial charge >= 0.3 is 0 Å². The SMILES string of the molecule is CC(=O)[C@@H]1C[C@H]2[C@H](C(C)(C)O)C[C@]1(C)C(=O)C2(C)C. The summed E-state index contributed by atoms with van der Waals surface area (Å²) in [6.07, 6.45) is 1.37. The quantitative estimate of drug-likeness (QED) is 0.836. The Morgan fingerprint density at radius 3 is 2.26 bits per heavy atom. The zero-order valence-electron chi connectivity index (χ0n) is 12.9. The molecule has 0 aromatic carbocycles. The zero-order valence-corrected chi connectivity index (χ0v) is 12.9. The Kier molecular flexibility index (Phi) is 3.02. The molecule has 1 N–H and O–H groups in total. The molecule has 0 unspecified atom stereocenters. The van der Waals surface area contributed by atoms with Gasteiger partial charge in [0.25, 0.3) is 0 Å². The molecular weight excluding hydrogens is 240 g/mol. The van der Waals surface area contributed by atoms with Crippen LogP contribution >= 0.6 is 0 Å². The van der Waals surface area contributed by atoms with Gasteiger partial charge in [0, 0.05) is 16.7 Å². The van der Waals surface area contributed by atoms with Crippen LogP contribution in [0.2, 0.25) is 0 Å². The lowest BCUT2D eigenvalue weighted by molar-refractivity contribution is -0.186. The number of carbonyl (C=O) groups excluding carboxylic acids is 2. The Morgan fingerprint density at radius 1 is 1.32 bits per heavy atom. The molecule has 0 heterocycles. The van der Waals surface area contributed by atoms with Crippen molar-refractivity contribution in [2.45, 2.75) is 60.0 Å². The molecule has 0 aliphatic heterocycles. The van der Waals surface area contributed by atoms with E-state index >= 15 is 0 Å². The van der Waals surface area contributed by atoms with Crippen LogP contribution in [0, 0.1) is 28.6 Å². The van der Waals surface area contributed by atoms with Gasteiger partial charge in [0.05, 0.1) is 5.60 Å². The van der Waals surface area contributed by atoms with Crippen LogP contribution in [0.1, 0.15) is 54.4 Å². The summed E-state index contributed by atoms with van der Waals surface area (Å²) in [4.78, 5) is 24.7. The smallest absolute Gasteiger partial charge is 0.145 e. The number of ketones is 2. The highest BCUT2D eigenvalue weighted by molar-refractivity contribution is 5.97. The number of carbonyl (C=O) groups is 2. The van der Waals surface area contributed by atoms with Gasteiger partial charge in [-0.1, -0.05) is 20.8 Å². The van der Waals surface area contributed by atoms with E-state index in [-0.39, 0.29) is 29.3 Å². The predicted molar refractivity (Wildman–Crippen MR) is 73.6 cm³/mol. The lowest BCUT2D eigenvalue weighted by Crippen LogP contribution is -2.64. The maximum Gasteiger partial charge on any atom is 0.145 e. The molecule has 3 nitrogen and oxygen atoms in total. The first-order valence-corrected chi connectivity index (χ1v) is 7.20. The standard InChI is InChI=1S/C16H26O3/c1-9(17)10-7-11-12(15(4,5)19)8-16(10,6)13(18)14(11,2)3/h10-12,19H,7-8H2,1-6H3/t10-,11-,12+,16-/m0/s1. The molecule has 3 fully saturated rings. The fourth-order valence-electron chi connectivity index (χ4n) is 4.73. The van der Waals surface area contributed by atoms with Crippen LogP contribution in [0.4, 0.5) is 0 Å². The van der Waals surface area contributed by atoms with E-state index in [4.69, 9.17) is 0 Å². The van der Waals surface area contributed by atoms with Crippen LogP contribution in [0.5, 0.6) is 0 Å². The topological polar surface area (TPSA) is 54.4 Å². The summed E-state index contributed by atoms with van der Waals surface area (Å²) < 4.78 is 0. The van der Waals surface area contributed by atoms with Crippen molar-refractivity contribution in [1.29, 1.82) is 0 Å². The molecular formula is C16H26O3. The van der Waals surface area contributed by atoms with Crippen molar-refractivity contribution >= 4 is 11.6 Å². The predicted octanol–water partition coefficient (Wildman–Crippen LogP) is 2.60. The van der Waals surface area contributed by atoms with E-state index in [2.05, 4.69) is 0 Å². The summed E-state index contributed by atoms with van der Waals surface area (Å²) in [5.41, 5.74) is -1.84. The molecule has 0 spiro atoms. The average molecular weight is 266 g/mol. The summed E-state index contributed by atoms with van der Waals surface area (Å²) in [5, 5.41) is 10.4. The lowest BCUT2D eigenvalue weighted by atomic mass is 9.41. The Morgan fingerprint density at radius 2 is 1.84 bits per heavy atom. The van der Waals surface area contributed by atoms with Gasteiger partial charge in [-0.2, -0.15) is 0 Å². The maximum atomic E-state index is 12.8. The Balaban J connectivity index is 2.51. The molecule has 19 heavy (non-hydrogen) atoms. The molecule has 0 radical (unpaired) electrons. The normalized spacial score (nSPS) is 41.4. The number of Topliss-reactive ketones (excluding diaryl/α,β-unsaturated/α-hetero) is 2. The van der Waals surface area contributed by atoms with E-state index in [1.54, 1.807) is 6.92 Å². The molecule has 3 saturated carbocycles. The lowest BCUT2D eigenvalue weighted by Gasteiger charge is -2.61. The molecule has 3 aliphatic carbocycles. The van der Waals surface area contributed by atoms with Gasteiger partial charge in [-0.25, -0.2) is 0 Å². The average Bonchev–Trinajstić information content (AvgIpc) is 2.23. The summed E-state index contributed by atoms with van der Waals surface area (Å²) in [6, 6.07) is 0. The highest BCUT2D eigenvalue weighted by atomic mass is 16.3. The summed E-state index contributed by atoms with van der Waals surface area (Å²) in [5.74, 6) is 0.329. The van der Waals surface area contributed by atoms with Gasteiger partial charge in [-0.15, -0.1) is 0 Å². The number of rotatable bonds is 2. The van der Waals surface area contributed by atoms with Crippen molar-refractivity contribution in [3.63, 3.8) is 0 Å². The first-order valence-electron chi connectivity index (χ1n) is 7.20. The maximum absolute atomic E-state index is 12.8. The van der Waals surface area contributed by atoms with Crippen molar-refractivity contribution < 1.29 is 14.7 Å². The summed E-state index contributed by atoms with van der Waals surface area (Å²) >= 11 is 0. The van der Waals surface area contributed by atoms with E-state index in [1.807, 2.05) is 34.6 Å². The zero-order chi connectivity index (χ0) is 14.8. The fraction of sp³-hybridized carbons (Fsp3) is 0.875. The minimum atomic E-state index is -0.800. The highest BCUT2D eigenvalue weighted by Gasteiger charge is 2.65. The van der Waals surface area contributed by atoms with E-state index < -0.39 is 16.4 Å². The number of aliphatic hydroxyl groups is 1. The van der Waals surface area contributed by atoms with Gasteiger partial charge in [0.2, 0.25) is 0 Å². The van der Waals surface area contributed by atoms with E-state index in [0.29, 0.717) is 6.42 Å². The van der Waals surface area contributed by atoms with Gasteiger partial charge in [0.15, 0.2) is 0 Å². The third-order valence-corrected chi connectivity index (χ3v) is 5.82. The Labute approximate surface area is 115 Å². The van der Waals surface area contributed by atoms with E-state index in [0.717, 1.165) is 6.42 Å². The van der Waals surface area contributed by atoms with Crippen molar-refractivity contribution in [3.05, 3.63) is 0 Å². The Hall–Kier alpha value is -0.700. The first-order chi connectivity index (χ1) is 8.42. The van der Waals surface area contributed by atoms with Gasteiger partial charge < -0.3 is 5.11 Å². The van der Waals surface area contributed by atoms with Crippen molar-refractivity contribution in [2.24, 2.45) is 28.6 Å². The number of hydrogen-bond acceptors (Lipinski definition) is 3. The molecule has 0 aromatic heterocycles. The molecule has 4 atom stereocenters. The van der Waals surface area contributed by atoms with Crippen molar-refractivity contribution in [3.8, 4) is 0 Å². The van der Waals surface area contributed by atoms with Crippen LogP contribution in [-0.4, -0.2) is 22.3 Å². The van der Waals surface area contributed by atoms with Gasteiger partial charge in [-0.05, 0) is 45.4 Å². The van der Waals surface area contributed by atoms with Crippen LogP contribution in [-0.2, 0) is 9.59 Å². The second-order valence-electron chi connectivity index (χ2n) is 7.94. The van der Waals surface area contributed by atoms with Crippen molar-refractivity contribution in [2.75, 3.05) is 0 Å². The molecule has 0 aromatic rings. The fourth-order valence-corrected chi connectivity index (χ4v) is 4.73. The van der Waals surface area contributed by atoms with Crippen LogP contribution < -0.4 is 0 Å². The molecule has 3 heteroatoms. The summed E-state index contributed by atoms with van der Waals surface area (Å²) in [6.45, 7) is 11.1. The first kappa shape index (κ1) is 14.7. The largest absolute Gasteiger partial charge is 0.390 e. The molecule has 2 bridgehead atoms. The molecule has 0 saturated heterocycles. The van der Waals surface area contributed by atoms with E-state index in [9.17, 15) is 14.7 Å². The third kappa shape index (κ3) is 1.89. The highest BCUT2D eigenvalue weighted by Crippen LogP contribution is 2.63. The molecule has 3 aliphatic rings. The second-order valence-corrected chi connectivity index (χ2v) is 7.94. The monoisotopic (exact) mass is 266 g/mol. The molecule has 0 amide bonds. The van der Waals surface area contributed by atoms with Crippen LogP contribution in [0.25, 0.3) is 0 Å². The van der Waals surface area contributed by atoms with Crippen LogP contribution in [0.15, 0.2) is 0 Å². The number of hydrogen-bond donors (Lipinski definition) is 1. The summed E-state index contributed by atoms with van der Waals surface area (Å²) in [7, 11) is 0. The Bertz CT molecular complexity index is 430. The second kappa shape index (κ2) is 3.91. The van der Waals surface area contributed by atoms with Crippen LogP contribution in [0.3, 0.4) is 0 Å². The molecule has 3 rings (SSSR count). The van der Waals surface area contributed by atoms with Gasteiger partial charge in [-0.3, -0.25) is 9.59 Å². The molecule has 108 valence electrons. The third-order valence-electron chi connectivity index (χ3n) is 5.82. The minimum absolute atomic E-state index is 0.0841. The number of fused-ring (bicyclic) bond motifs is 3. The minimum Gasteiger partial charge on any atom is -0.390 e.